The standard InChI is InChI=1S/C6H12O5.C6H10O4/c7-1-3(8)6-5(10)4(9)2-11-6;7-3-1-9-6-4(8)2-10-5(3)6/h3-10H,1-2H2;3-8H,1-2H2. The highest BCUT2D eigenvalue weighted by atomic mass is 16.6. The van der Waals surface area contributed by atoms with Crippen LogP contribution in [0.15, 0.2) is 0 Å². The Morgan fingerprint density at radius 2 is 1.29 bits per heavy atom. The average molecular weight is 310 g/mol. The molecule has 3 rings (SSSR count). The Labute approximate surface area is 121 Å². The summed E-state index contributed by atoms with van der Waals surface area (Å²) in [5, 5.41) is 53.8. The molecule has 6 N–H and O–H groups in total. The van der Waals surface area contributed by atoms with Gasteiger partial charge in [0.1, 0.15) is 48.8 Å². The van der Waals surface area contributed by atoms with Gasteiger partial charge in [-0.2, -0.15) is 0 Å². The van der Waals surface area contributed by atoms with Crippen LogP contribution >= 0.6 is 0 Å². The Bertz CT molecular complexity index is 312. The van der Waals surface area contributed by atoms with Crippen molar-refractivity contribution in [1.29, 1.82) is 0 Å². The van der Waals surface area contributed by atoms with E-state index in [4.69, 9.17) is 44.8 Å². The minimum absolute atomic E-state index is 0.00287. The molecule has 3 heterocycles. The SMILES string of the molecule is OC1COC2C(O)COC12.OCC(O)C1OCC(O)C1O. The molecule has 0 aliphatic carbocycles. The van der Waals surface area contributed by atoms with E-state index >= 15 is 0 Å². The lowest BCUT2D eigenvalue weighted by atomic mass is 10.1. The van der Waals surface area contributed by atoms with E-state index in [9.17, 15) is 0 Å². The molecule has 9 heteroatoms. The smallest absolute Gasteiger partial charge is 0.114 e. The normalized spacial score (nSPS) is 46.9. The number of aliphatic hydroxyl groups excluding tert-OH is 6. The molecule has 3 aliphatic heterocycles. The fourth-order valence-electron chi connectivity index (χ4n) is 2.53. The quantitative estimate of drug-likeness (QED) is 0.300. The maximum atomic E-state index is 9.16. The number of hydrogen-bond donors (Lipinski definition) is 6. The Kier molecular flexibility index (Phi) is 5.88. The second-order valence-electron chi connectivity index (χ2n) is 5.34. The summed E-state index contributed by atoms with van der Waals surface area (Å²) in [6, 6.07) is 0. The van der Waals surface area contributed by atoms with E-state index in [0.29, 0.717) is 0 Å². The lowest BCUT2D eigenvalue weighted by Crippen LogP contribution is -2.40. The minimum Gasteiger partial charge on any atom is -0.394 e. The minimum atomic E-state index is -1.12. The highest BCUT2D eigenvalue weighted by Gasteiger charge is 2.46. The van der Waals surface area contributed by atoms with Gasteiger partial charge in [-0.25, -0.2) is 0 Å². The fraction of sp³-hybridized carbons (Fsp3) is 1.00. The van der Waals surface area contributed by atoms with Crippen molar-refractivity contribution >= 4 is 0 Å². The van der Waals surface area contributed by atoms with Crippen molar-refractivity contribution in [3.8, 4) is 0 Å². The molecule has 8 atom stereocenters. The van der Waals surface area contributed by atoms with E-state index in [0.717, 1.165) is 0 Å². The van der Waals surface area contributed by atoms with Crippen LogP contribution in [0.1, 0.15) is 0 Å². The second-order valence-corrected chi connectivity index (χ2v) is 5.34. The summed E-state index contributed by atoms with van der Waals surface area (Å²) >= 11 is 0. The van der Waals surface area contributed by atoms with Gasteiger partial charge in [0.15, 0.2) is 0 Å². The summed E-state index contributed by atoms with van der Waals surface area (Å²) < 4.78 is 15.0. The van der Waals surface area contributed by atoms with Crippen molar-refractivity contribution in [2.45, 2.75) is 48.8 Å². The number of ether oxygens (including phenoxy) is 3. The van der Waals surface area contributed by atoms with Crippen LogP contribution in [0.4, 0.5) is 0 Å². The molecule has 3 fully saturated rings. The molecule has 0 spiro atoms. The van der Waals surface area contributed by atoms with E-state index in [1.165, 1.54) is 0 Å². The lowest BCUT2D eigenvalue weighted by molar-refractivity contribution is -0.0684. The zero-order chi connectivity index (χ0) is 15.6. The molecule has 0 amide bonds. The zero-order valence-corrected chi connectivity index (χ0v) is 11.4. The largest absolute Gasteiger partial charge is 0.394 e. The molecule has 3 saturated heterocycles. The van der Waals surface area contributed by atoms with E-state index in [2.05, 4.69) is 0 Å². The maximum Gasteiger partial charge on any atom is 0.114 e. The van der Waals surface area contributed by atoms with Gasteiger partial charge in [-0.3, -0.25) is 0 Å². The molecule has 0 aromatic carbocycles. The molecule has 21 heavy (non-hydrogen) atoms. The first-order chi connectivity index (χ1) is 9.95. The summed E-state index contributed by atoms with van der Waals surface area (Å²) in [5.41, 5.74) is 0. The highest BCUT2D eigenvalue weighted by molar-refractivity contribution is 4.93. The first-order valence-corrected chi connectivity index (χ1v) is 6.81. The molecule has 3 aliphatic rings. The Hall–Kier alpha value is -0.360. The van der Waals surface area contributed by atoms with E-state index in [-0.39, 0.29) is 32.0 Å². The second kappa shape index (κ2) is 7.27. The third kappa shape index (κ3) is 3.70. The van der Waals surface area contributed by atoms with Gasteiger partial charge in [-0.1, -0.05) is 0 Å². The predicted octanol–water partition coefficient (Wildman–Crippen LogP) is -4.03. The molecule has 9 nitrogen and oxygen atoms in total. The van der Waals surface area contributed by atoms with Crippen LogP contribution in [0.2, 0.25) is 0 Å². The average Bonchev–Trinajstić information content (AvgIpc) is 3.12. The van der Waals surface area contributed by atoms with Crippen LogP contribution in [-0.2, 0) is 14.2 Å². The Balaban J connectivity index is 0.000000154. The molecule has 0 bridgehead atoms. The Morgan fingerprint density at radius 3 is 1.67 bits per heavy atom. The number of fused-ring (bicyclic) bond motifs is 1. The van der Waals surface area contributed by atoms with Crippen LogP contribution in [0.25, 0.3) is 0 Å². The third-order valence-corrected chi connectivity index (χ3v) is 3.76. The van der Waals surface area contributed by atoms with Crippen molar-refractivity contribution in [2.75, 3.05) is 26.4 Å². The first kappa shape index (κ1) is 17.0. The summed E-state index contributed by atoms with van der Waals surface area (Å²) in [7, 11) is 0. The van der Waals surface area contributed by atoms with Crippen LogP contribution in [0, 0.1) is 0 Å². The van der Waals surface area contributed by atoms with Crippen molar-refractivity contribution < 1.29 is 44.8 Å². The van der Waals surface area contributed by atoms with Crippen molar-refractivity contribution in [3.63, 3.8) is 0 Å². The fourth-order valence-corrected chi connectivity index (χ4v) is 2.53. The summed E-state index contributed by atoms with van der Waals surface area (Å²) in [4.78, 5) is 0. The highest BCUT2D eigenvalue weighted by Crippen LogP contribution is 2.26. The molecule has 0 saturated carbocycles. The molecule has 0 aromatic heterocycles. The summed E-state index contributed by atoms with van der Waals surface area (Å²) in [6.07, 6.45) is -5.75. The maximum absolute atomic E-state index is 9.16. The van der Waals surface area contributed by atoms with Crippen molar-refractivity contribution in [3.05, 3.63) is 0 Å². The Morgan fingerprint density at radius 1 is 0.810 bits per heavy atom. The van der Waals surface area contributed by atoms with Crippen LogP contribution in [0.3, 0.4) is 0 Å². The van der Waals surface area contributed by atoms with Gasteiger partial charge in [0.25, 0.3) is 0 Å². The molecule has 0 aromatic rings. The van der Waals surface area contributed by atoms with Crippen LogP contribution < -0.4 is 0 Å². The lowest BCUT2D eigenvalue weighted by Gasteiger charge is -2.18. The van der Waals surface area contributed by atoms with E-state index < -0.39 is 43.2 Å². The number of aliphatic hydroxyl groups is 6. The summed E-state index contributed by atoms with van der Waals surface area (Å²) in [5.74, 6) is 0. The van der Waals surface area contributed by atoms with Crippen molar-refractivity contribution in [2.24, 2.45) is 0 Å². The van der Waals surface area contributed by atoms with Crippen molar-refractivity contribution in [1.82, 2.24) is 0 Å². The van der Waals surface area contributed by atoms with Gasteiger partial charge in [-0.05, 0) is 0 Å². The van der Waals surface area contributed by atoms with Gasteiger partial charge in [0.2, 0.25) is 0 Å². The molecule has 124 valence electrons. The zero-order valence-electron chi connectivity index (χ0n) is 11.4. The van der Waals surface area contributed by atoms with Gasteiger partial charge in [0.05, 0.1) is 26.4 Å². The number of hydrogen-bond acceptors (Lipinski definition) is 9. The molecule has 8 unspecified atom stereocenters. The van der Waals surface area contributed by atoms with Gasteiger partial charge >= 0.3 is 0 Å². The van der Waals surface area contributed by atoms with Gasteiger partial charge < -0.3 is 44.8 Å². The van der Waals surface area contributed by atoms with E-state index in [1.807, 2.05) is 0 Å². The monoisotopic (exact) mass is 310 g/mol. The van der Waals surface area contributed by atoms with Crippen LogP contribution in [-0.4, -0.2) is 106 Å². The topological polar surface area (TPSA) is 149 Å². The van der Waals surface area contributed by atoms with Gasteiger partial charge in [-0.15, -0.1) is 0 Å². The van der Waals surface area contributed by atoms with Gasteiger partial charge in [0, 0.05) is 0 Å². The summed E-state index contributed by atoms with van der Waals surface area (Å²) in [6.45, 7) is 0.0934. The predicted molar refractivity (Wildman–Crippen MR) is 66.3 cm³/mol. The molecular weight excluding hydrogens is 288 g/mol. The van der Waals surface area contributed by atoms with E-state index in [1.54, 1.807) is 0 Å². The third-order valence-electron chi connectivity index (χ3n) is 3.76. The molecular formula is C12H22O9. The first-order valence-electron chi connectivity index (χ1n) is 6.81. The van der Waals surface area contributed by atoms with Crippen LogP contribution in [0.5, 0.6) is 0 Å². The number of rotatable bonds is 2. The molecule has 0 radical (unpaired) electrons.